The van der Waals surface area contributed by atoms with Crippen LogP contribution in [-0.4, -0.2) is 45.0 Å². The van der Waals surface area contributed by atoms with Gasteiger partial charge in [-0.2, -0.15) is 5.10 Å². The van der Waals surface area contributed by atoms with Crippen LogP contribution in [0.5, 0.6) is 0 Å². The van der Waals surface area contributed by atoms with E-state index in [9.17, 15) is 13.2 Å². The van der Waals surface area contributed by atoms with Crippen LogP contribution in [0.25, 0.3) is 17.0 Å². The van der Waals surface area contributed by atoms with Crippen LogP contribution < -0.4 is 0 Å². The fraction of sp³-hybridized carbons (Fsp3) is 0.267. The minimum absolute atomic E-state index is 0.0397. The highest BCUT2D eigenvalue weighted by atomic mass is 32.2. The van der Waals surface area contributed by atoms with Crippen LogP contribution in [-0.2, 0) is 9.84 Å². The number of aromatic carboxylic acids is 1. The monoisotopic (exact) mass is 348 g/mol. The second-order valence-electron chi connectivity index (χ2n) is 5.49. The quantitative estimate of drug-likeness (QED) is 0.727. The standard InChI is InChI=1S/C15H16N4O4S/c1-3-4-24(22,23)13-6-12-11(5-9(13)2)17-15(18-12)19-8-10(7-16-19)14(20)21/h5-8H,3-4H2,1-2H3,(H,17,18)(H,20,21). The SMILES string of the molecule is CCCS(=O)(=O)c1cc2[nH]c(-n3cc(C(=O)O)cn3)nc2cc1C. The lowest BCUT2D eigenvalue weighted by atomic mass is 10.2. The van der Waals surface area contributed by atoms with Gasteiger partial charge >= 0.3 is 5.97 Å². The first-order valence-electron chi connectivity index (χ1n) is 7.33. The van der Waals surface area contributed by atoms with E-state index in [1.165, 1.54) is 17.1 Å². The first-order valence-corrected chi connectivity index (χ1v) is 8.98. The number of hydrogen-bond acceptors (Lipinski definition) is 5. The smallest absolute Gasteiger partial charge is 0.338 e. The molecule has 0 saturated heterocycles. The fourth-order valence-corrected chi connectivity index (χ4v) is 4.10. The number of nitrogens with one attached hydrogen (secondary N) is 1. The Kier molecular flexibility index (Phi) is 3.88. The van der Waals surface area contributed by atoms with Crippen LogP contribution in [0.4, 0.5) is 0 Å². The lowest BCUT2D eigenvalue weighted by Crippen LogP contribution is -2.07. The summed E-state index contributed by atoms with van der Waals surface area (Å²) in [6.45, 7) is 3.55. The summed E-state index contributed by atoms with van der Waals surface area (Å²) in [7, 11) is -3.34. The van der Waals surface area contributed by atoms with E-state index >= 15 is 0 Å². The molecule has 0 saturated carbocycles. The Hall–Kier alpha value is -2.68. The molecule has 126 valence electrons. The van der Waals surface area contributed by atoms with Crippen LogP contribution in [0.15, 0.2) is 29.4 Å². The number of sulfone groups is 1. The molecule has 0 fully saturated rings. The minimum Gasteiger partial charge on any atom is -0.478 e. The van der Waals surface area contributed by atoms with Crippen molar-refractivity contribution in [1.82, 2.24) is 19.7 Å². The Morgan fingerprint density at radius 1 is 1.38 bits per heavy atom. The Balaban J connectivity index is 2.10. The number of aromatic amines is 1. The van der Waals surface area contributed by atoms with E-state index in [-0.39, 0.29) is 16.2 Å². The molecule has 0 spiro atoms. The molecule has 3 rings (SSSR count). The van der Waals surface area contributed by atoms with Gasteiger partial charge in [-0.15, -0.1) is 0 Å². The molecule has 0 bridgehead atoms. The van der Waals surface area contributed by atoms with E-state index in [0.29, 0.717) is 29.0 Å². The Bertz CT molecular complexity index is 1030. The van der Waals surface area contributed by atoms with Crippen molar-refractivity contribution in [2.24, 2.45) is 0 Å². The fourth-order valence-electron chi connectivity index (χ4n) is 2.50. The number of aryl methyl sites for hydroxylation is 1. The Morgan fingerprint density at radius 2 is 2.12 bits per heavy atom. The number of imidazole rings is 1. The molecular formula is C15H16N4O4S. The van der Waals surface area contributed by atoms with Gasteiger partial charge in [-0.25, -0.2) is 22.9 Å². The van der Waals surface area contributed by atoms with Gasteiger partial charge in [-0.05, 0) is 31.0 Å². The molecule has 3 aromatic rings. The number of carboxylic acids is 1. The van der Waals surface area contributed by atoms with Crippen LogP contribution in [0.2, 0.25) is 0 Å². The molecular weight excluding hydrogens is 332 g/mol. The molecule has 0 radical (unpaired) electrons. The highest BCUT2D eigenvalue weighted by Crippen LogP contribution is 2.24. The molecule has 0 aliphatic rings. The summed E-state index contributed by atoms with van der Waals surface area (Å²) in [6, 6.07) is 3.26. The molecule has 0 aliphatic heterocycles. The highest BCUT2D eigenvalue weighted by molar-refractivity contribution is 7.91. The minimum atomic E-state index is -3.34. The van der Waals surface area contributed by atoms with Crippen molar-refractivity contribution in [3.63, 3.8) is 0 Å². The summed E-state index contributed by atoms with van der Waals surface area (Å²) in [4.78, 5) is 18.5. The van der Waals surface area contributed by atoms with E-state index < -0.39 is 15.8 Å². The third kappa shape index (κ3) is 2.78. The number of aromatic nitrogens is 4. The number of hydrogen-bond donors (Lipinski definition) is 2. The van der Waals surface area contributed by atoms with Crippen molar-refractivity contribution in [3.05, 3.63) is 35.7 Å². The third-order valence-corrected chi connectivity index (χ3v) is 5.68. The maximum atomic E-state index is 12.3. The van der Waals surface area contributed by atoms with Crippen molar-refractivity contribution in [2.75, 3.05) is 5.75 Å². The average molecular weight is 348 g/mol. The van der Waals surface area contributed by atoms with Gasteiger partial charge in [0.15, 0.2) is 9.84 Å². The topological polar surface area (TPSA) is 118 Å². The first kappa shape index (κ1) is 16.2. The van der Waals surface area contributed by atoms with Crippen molar-refractivity contribution in [2.45, 2.75) is 25.2 Å². The van der Waals surface area contributed by atoms with Crippen LogP contribution in [0.3, 0.4) is 0 Å². The number of nitrogens with zero attached hydrogens (tertiary/aromatic N) is 3. The van der Waals surface area contributed by atoms with Gasteiger partial charge in [0.25, 0.3) is 0 Å². The van der Waals surface area contributed by atoms with Gasteiger partial charge in [-0.1, -0.05) is 6.92 Å². The molecule has 0 amide bonds. The number of rotatable bonds is 5. The number of benzene rings is 1. The molecule has 0 aliphatic carbocycles. The molecule has 0 unspecified atom stereocenters. The number of H-pyrrole nitrogens is 1. The lowest BCUT2D eigenvalue weighted by Gasteiger charge is -2.06. The normalized spacial score (nSPS) is 11.9. The maximum Gasteiger partial charge on any atom is 0.338 e. The van der Waals surface area contributed by atoms with Gasteiger partial charge in [0.05, 0.1) is 33.4 Å². The second-order valence-corrected chi connectivity index (χ2v) is 7.57. The van der Waals surface area contributed by atoms with Gasteiger partial charge in [0.2, 0.25) is 5.95 Å². The lowest BCUT2D eigenvalue weighted by molar-refractivity contribution is 0.0697. The number of carbonyl (C=O) groups is 1. The van der Waals surface area contributed by atoms with Crippen molar-refractivity contribution in [3.8, 4) is 5.95 Å². The van der Waals surface area contributed by atoms with E-state index in [1.54, 1.807) is 19.1 Å². The third-order valence-electron chi connectivity index (χ3n) is 3.62. The molecule has 24 heavy (non-hydrogen) atoms. The van der Waals surface area contributed by atoms with Gasteiger partial charge in [0.1, 0.15) is 0 Å². The predicted octanol–water partition coefficient (Wildman–Crippen LogP) is 1.94. The van der Waals surface area contributed by atoms with E-state index in [2.05, 4.69) is 15.1 Å². The van der Waals surface area contributed by atoms with Crippen LogP contribution >= 0.6 is 0 Å². The molecule has 1 aromatic carbocycles. The summed E-state index contributed by atoms with van der Waals surface area (Å²) >= 11 is 0. The van der Waals surface area contributed by atoms with Crippen molar-refractivity contribution >= 4 is 26.8 Å². The first-order chi connectivity index (χ1) is 11.3. The van der Waals surface area contributed by atoms with E-state index in [1.807, 2.05) is 6.92 Å². The molecule has 2 heterocycles. The van der Waals surface area contributed by atoms with Crippen molar-refractivity contribution < 1.29 is 18.3 Å². The highest BCUT2D eigenvalue weighted by Gasteiger charge is 2.18. The van der Waals surface area contributed by atoms with Crippen molar-refractivity contribution in [1.29, 1.82) is 0 Å². The number of fused-ring (bicyclic) bond motifs is 1. The van der Waals surface area contributed by atoms with Crippen LogP contribution in [0.1, 0.15) is 29.3 Å². The summed E-state index contributed by atoms with van der Waals surface area (Å²) in [5.74, 6) is -0.676. The summed E-state index contributed by atoms with van der Waals surface area (Å²) in [5, 5.41) is 12.9. The molecule has 9 heteroatoms. The van der Waals surface area contributed by atoms with Gasteiger partial charge in [0, 0.05) is 6.20 Å². The second kappa shape index (κ2) is 5.75. The maximum absolute atomic E-state index is 12.3. The summed E-state index contributed by atoms with van der Waals surface area (Å²) in [5.41, 5.74) is 1.81. The van der Waals surface area contributed by atoms with E-state index in [0.717, 1.165) is 0 Å². The summed E-state index contributed by atoms with van der Waals surface area (Å²) < 4.78 is 26.0. The Labute approximate surface area is 138 Å². The van der Waals surface area contributed by atoms with Gasteiger partial charge < -0.3 is 10.1 Å². The average Bonchev–Trinajstić information content (AvgIpc) is 3.12. The van der Waals surface area contributed by atoms with Crippen LogP contribution in [0, 0.1) is 6.92 Å². The summed E-state index contributed by atoms with van der Waals surface area (Å²) in [6.07, 6.45) is 3.10. The van der Waals surface area contributed by atoms with Gasteiger partial charge in [-0.3, -0.25) is 0 Å². The predicted molar refractivity (Wildman–Crippen MR) is 87.3 cm³/mol. The number of carboxylic acid groups (broad SMARTS) is 1. The molecule has 0 atom stereocenters. The molecule has 2 N–H and O–H groups in total. The molecule has 2 aromatic heterocycles. The zero-order valence-electron chi connectivity index (χ0n) is 13.1. The Morgan fingerprint density at radius 3 is 2.75 bits per heavy atom. The largest absolute Gasteiger partial charge is 0.478 e. The molecule has 8 nitrogen and oxygen atoms in total. The zero-order valence-corrected chi connectivity index (χ0v) is 14.0. The zero-order chi connectivity index (χ0) is 17.5. The van der Waals surface area contributed by atoms with E-state index in [4.69, 9.17) is 5.11 Å².